The molecule has 0 atom stereocenters. The lowest BCUT2D eigenvalue weighted by atomic mass is 10.1. The molecular formula is C23H26N2O3. The summed E-state index contributed by atoms with van der Waals surface area (Å²) in [4.78, 5) is 16.6. The number of ketones is 1. The maximum Gasteiger partial charge on any atom is 0.161 e. The van der Waals surface area contributed by atoms with E-state index in [9.17, 15) is 4.79 Å². The van der Waals surface area contributed by atoms with Crippen LogP contribution in [0.4, 0.5) is 0 Å². The summed E-state index contributed by atoms with van der Waals surface area (Å²) in [5, 5.41) is 1.28. The van der Waals surface area contributed by atoms with E-state index in [1.807, 2.05) is 18.2 Å². The number of nitrogens with zero attached hydrogens (tertiary/aromatic N) is 2. The van der Waals surface area contributed by atoms with Gasteiger partial charge in [0.05, 0.1) is 20.8 Å². The third-order valence-corrected chi connectivity index (χ3v) is 4.85. The maximum absolute atomic E-state index is 12.3. The van der Waals surface area contributed by atoms with Gasteiger partial charge in [0.25, 0.3) is 0 Å². The lowest BCUT2D eigenvalue weighted by molar-refractivity contribution is -0.117. The van der Waals surface area contributed by atoms with E-state index in [4.69, 9.17) is 9.47 Å². The van der Waals surface area contributed by atoms with Crippen molar-refractivity contribution in [1.82, 2.24) is 4.57 Å². The van der Waals surface area contributed by atoms with E-state index in [2.05, 4.69) is 47.8 Å². The number of carbonyl (C=O) groups excluding carboxylic acids is 1. The van der Waals surface area contributed by atoms with Crippen molar-refractivity contribution < 1.29 is 14.3 Å². The third kappa shape index (κ3) is 4.25. The number of fused-ring (bicyclic) bond motifs is 1. The highest BCUT2D eigenvalue weighted by atomic mass is 16.5. The lowest BCUT2D eigenvalue weighted by Crippen LogP contribution is -2.08. The number of aryl methyl sites for hydroxylation is 3. The normalized spacial score (nSPS) is 11.3. The van der Waals surface area contributed by atoms with Gasteiger partial charge in [-0.05, 0) is 54.8 Å². The summed E-state index contributed by atoms with van der Waals surface area (Å²) in [6, 6.07) is 11.8. The molecule has 3 rings (SSSR count). The topological polar surface area (TPSA) is 52.8 Å². The van der Waals surface area contributed by atoms with Crippen molar-refractivity contribution in [3.8, 4) is 11.5 Å². The SMILES string of the molecule is COc1ccc(C=NCC(=O)CCn2cc(C)c3c(C)cccc32)cc1OC. The van der Waals surface area contributed by atoms with Crippen LogP contribution in [-0.4, -0.2) is 37.3 Å². The first-order chi connectivity index (χ1) is 13.5. The number of aliphatic imine (C=N–C) groups is 1. The second kappa shape index (κ2) is 8.74. The second-order valence-corrected chi connectivity index (χ2v) is 6.85. The number of carbonyl (C=O) groups is 1. The molecule has 5 nitrogen and oxygen atoms in total. The molecule has 0 saturated carbocycles. The van der Waals surface area contributed by atoms with Crippen LogP contribution < -0.4 is 9.47 Å². The molecule has 1 heterocycles. The average Bonchev–Trinajstić information content (AvgIpc) is 3.03. The molecule has 0 aliphatic heterocycles. The minimum Gasteiger partial charge on any atom is -0.493 e. The number of methoxy groups -OCH3 is 2. The van der Waals surface area contributed by atoms with Crippen LogP contribution in [0.15, 0.2) is 47.6 Å². The van der Waals surface area contributed by atoms with Gasteiger partial charge in [-0.1, -0.05) is 12.1 Å². The Morgan fingerprint density at radius 2 is 1.86 bits per heavy atom. The summed E-state index contributed by atoms with van der Waals surface area (Å²) in [7, 11) is 3.19. The molecule has 0 saturated heterocycles. The van der Waals surface area contributed by atoms with Gasteiger partial charge in [0.1, 0.15) is 0 Å². The van der Waals surface area contributed by atoms with E-state index in [0.717, 1.165) is 5.56 Å². The van der Waals surface area contributed by atoms with Crippen LogP contribution in [0.1, 0.15) is 23.1 Å². The molecule has 146 valence electrons. The predicted octanol–water partition coefficient (Wildman–Crippen LogP) is 4.35. The number of aromatic nitrogens is 1. The summed E-state index contributed by atoms with van der Waals surface area (Å²) in [5.74, 6) is 1.42. The molecule has 0 aliphatic rings. The van der Waals surface area contributed by atoms with Crippen molar-refractivity contribution in [2.45, 2.75) is 26.8 Å². The van der Waals surface area contributed by atoms with Gasteiger partial charge in [0, 0.05) is 36.3 Å². The molecule has 3 aromatic rings. The Morgan fingerprint density at radius 1 is 1.07 bits per heavy atom. The van der Waals surface area contributed by atoms with Crippen LogP contribution in [0, 0.1) is 13.8 Å². The summed E-state index contributed by atoms with van der Waals surface area (Å²) in [5.41, 5.74) is 4.55. The molecule has 5 heteroatoms. The standard InChI is InChI=1S/C23H26N2O3/c1-16-6-5-7-20-23(16)17(2)15-25(20)11-10-19(26)14-24-13-18-8-9-21(27-3)22(12-18)28-4/h5-9,12-13,15H,10-11,14H2,1-4H3. The Labute approximate surface area is 165 Å². The van der Waals surface area contributed by atoms with E-state index in [1.54, 1.807) is 20.4 Å². The third-order valence-electron chi connectivity index (χ3n) is 4.85. The molecule has 0 aliphatic carbocycles. The van der Waals surface area contributed by atoms with Crippen LogP contribution in [-0.2, 0) is 11.3 Å². The summed E-state index contributed by atoms with van der Waals surface area (Å²) < 4.78 is 12.7. The minimum absolute atomic E-state index is 0.115. The first-order valence-electron chi connectivity index (χ1n) is 9.32. The van der Waals surface area contributed by atoms with Crippen LogP contribution in [0.2, 0.25) is 0 Å². The molecule has 0 bridgehead atoms. The number of ether oxygens (including phenoxy) is 2. The largest absolute Gasteiger partial charge is 0.493 e. The van der Waals surface area contributed by atoms with Crippen molar-refractivity contribution in [1.29, 1.82) is 0 Å². The molecule has 0 fully saturated rings. The van der Waals surface area contributed by atoms with Crippen molar-refractivity contribution in [3.05, 3.63) is 59.3 Å². The Balaban J connectivity index is 1.60. The molecule has 28 heavy (non-hydrogen) atoms. The van der Waals surface area contributed by atoms with Gasteiger partial charge in [0.2, 0.25) is 0 Å². The number of Topliss-reactive ketones (excluding diaryl/α,β-unsaturated/α-hetero) is 1. The Morgan fingerprint density at radius 3 is 2.61 bits per heavy atom. The number of rotatable bonds is 8. The predicted molar refractivity (Wildman–Crippen MR) is 113 cm³/mol. The highest BCUT2D eigenvalue weighted by Crippen LogP contribution is 2.27. The van der Waals surface area contributed by atoms with E-state index >= 15 is 0 Å². The van der Waals surface area contributed by atoms with Gasteiger partial charge in [-0.2, -0.15) is 0 Å². The fourth-order valence-electron chi connectivity index (χ4n) is 3.47. The van der Waals surface area contributed by atoms with Gasteiger partial charge in [-0.3, -0.25) is 9.79 Å². The quantitative estimate of drug-likeness (QED) is 0.548. The molecule has 2 aromatic carbocycles. The minimum atomic E-state index is 0.115. The van der Waals surface area contributed by atoms with Crippen LogP contribution in [0.5, 0.6) is 11.5 Å². The molecule has 0 amide bonds. The van der Waals surface area contributed by atoms with Crippen molar-refractivity contribution in [2.75, 3.05) is 20.8 Å². The molecule has 1 aromatic heterocycles. The fraction of sp³-hybridized carbons (Fsp3) is 0.304. The first-order valence-corrected chi connectivity index (χ1v) is 9.32. The Hall–Kier alpha value is -3.08. The zero-order chi connectivity index (χ0) is 20.1. The maximum atomic E-state index is 12.3. The molecule has 0 N–H and O–H groups in total. The van der Waals surface area contributed by atoms with E-state index in [-0.39, 0.29) is 12.3 Å². The molecule has 0 unspecified atom stereocenters. The highest BCUT2D eigenvalue weighted by Gasteiger charge is 2.09. The molecule has 0 spiro atoms. The molecule has 0 radical (unpaired) electrons. The van der Waals surface area contributed by atoms with E-state index in [0.29, 0.717) is 24.5 Å². The molecular weight excluding hydrogens is 352 g/mol. The first kappa shape index (κ1) is 19.7. The van der Waals surface area contributed by atoms with Crippen LogP contribution in [0.3, 0.4) is 0 Å². The number of hydrogen-bond donors (Lipinski definition) is 0. The van der Waals surface area contributed by atoms with Crippen LogP contribution >= 0.6 is 0 Å². The Kier molecular flexibility index (Phi) is 6.14. The van der Waals surface area contributed by atoms with Gasteiger partial charge >= 0.3 is 0 Å². The monoisotopic (exact) mass is 378 g/mol. The number of hydrogen-bond acceptors (Lipinski definition) is 4. The van der Waals surface area contributed by atoms with Crippen LogP contribution in [0.25, 0.3) is 10.9 Å². The zero-order valence-corrected chi connectivity index (χ0v) is 16.9. The summed E-state index contributed by atoms with van der Waals surface area (Å²) in [6.45, 7) is 5.07. The fourth-order valence-corrected chi connectivity index (χ4v) is 3.47. The zero-order valence-electron chi connectivity index (χ0n) is 16.9. The van der Waals surface area contributed by atoms with Gasteiger partial charge in [0.15, 0.2) is 17.3 Å². The van der Waals surface area contributed by atoms with E-state index < -0.39 is 0 Å². The summed E-state index contributed by atoms with van der Waals surface area (Å²) >= 11 is 0. The lowest BCUT2D eigenvalue weighted by Gasteiger charge is -2.07. The van der Waals surface area contributed by atoms with Crippen molar-refractivity contribution in [2.24, 2.45) is 4.99 Å². The number of benzene rings is 2. The van der Waals surface area contributed by atoms with Gasteiger partial charge in [-0.25, -0.2) is 0 Å². The van der Waals surface area contributed by atoms with Gasteiger partial charge in [-0.15, -0.1) is 0 Å². The van der Waals surface area contributed by atoms with Gasteiger partial charge < -0.3 is 14.0 Å². The second-order valence-electron chi connectivity index (χ2n) is 6.85. The Bertz CT molecular complexity index is 1020. The summed E-state index contributed by atoms with van der Waals surface area (Å²) in [6.07, 6.45) is 4.27. The highest BCUT2D eigenvalue weighted by molar-refractivity contribution is 5.88. The van der Waals surface area contributed by atoms with Crippen molar-refractivity contribution in [3.63, 3.8) is 0 Å². The smallest absolute Gasteiger partial charge is 0.161 e. The average molecular weight is 378 g/mol. The van der Waals surface area contributed by atoms with Crippen molar-refractivity contribution >= 4 is 22.9 Å². The van der Waals surface area contributed by atoms with E-state index in [1.165, 1.54) is 22.0 Å².